The van der Waals surface area contributed by atoms with Crippen LogP contribution < -0.4 is 0 Å². The van der Waals surface area contributed by atoms with E-state index >= 15 is 0 Å². The molecule has 0 saturated heterocycles. The van der Waals surface area contributed by atoms with Crippen molar-refractivity contribution in [3.8, 4) is 6.07 Å². The van der Waals surface area contributed by atoms with E-state index in [0.29, 0.717) is 6.42 Å². The molecule has 2 atom stereocenters. The summed E-state index contributed by atoms with van der Waals surface area (Å²) in [4.78, 5) is 11.9. The van der Waals surface area contributed by atoms with Crippen LogP contribution in [0.25, 0.3) is 0 Å². The van der Waals surface area contributed by atoms with Crippen molar-refractivity contribution in [1.82, 2.24) is 0 Å². The average molecular weight is 223 g/mol. The van der Waals surface area contributed by atoms with Gasteiger partial charge in [0.05, 0.1) is 6.07 Å². The molecule has 0 N–H and O–H groups in total. The van der Waals surface area contributed by atoms with Gasteiger partial charge in [-0.05, 0) is 39.5 Å². The van der Waals surface area contributed by atoms with Gasteiger partial charge < -0.3 is 4.74 Å². The Morgan fingerprint density at radius 1 is 1.56 bits per heavy atom. The second-order valence-corrected chi connectivity index (χ2v) is 5.63. The zero-order chi connectivity index (χ0) is 12.4. The van der Waals surface area contributed by atoms with E-state index in [-0.39, 0.29) is 11.9 Å². The highest BCUT2D eigenvalue weighted by Gasteiger charge is 2.62. The Morgan fingerprint density at radius 2 is 2.19 bits per heavy atom. The van der Waals surface area contributed by atoms with Crippen LogP contribution in [-0.2, 0) is 9.53 Å². The number of hydrogen-bond donors (Lipinski definition) is 0. The van der Waals surface area contributed by atoms with Crippen molar-refractivity contribution in [2.24, 2.45) is 11.3 Å². The quantitative estimate of drug-likeness (QED) is 0.688. The van der Waals surface area contributed by atoms with Gasteiger partial charge in [0.25, 0.3) is 0 Å². The monoisotopic (exact) mass is 223 g/mol. The summed E-state index contributed by atoms with van der Waals surface area (Å²) in [7, 11) is 0. The van der Waals surface area contributed by atoms with Gasteiger partial charge >= 0.3 is 5.97 Å². The van der Waals surface area contributed by atoms with E-state index < -0.39 is 11.0 Å². The van der Waals surface area contributed by atoms with Crippen molar-refractivity contribution in [2.75, 3.05) is 0 Å². The summed E-state index contributed by atoms with van der Waals surface area (Å²) < 4.78 is 5.30. The van der Waals surface area contributed by atoms with E-state index in [0.717, 1.165) is 19.3 Å². The first-order valence-electron chi connectivity index (χ1n) is 6.00. The molecule has 0 heterocycles. The van der Waals surface area contributed by atoms with Gasteiger partial charge in [0.1, 0.15) is 5.60 Å². The number of carbonyl (C=O) groups excluding carboxylic acids is 1. The Bertz CT molecular complexity index is 311. The highest BCUT2D eigenvalue weighted by molar-refractivity contribution is 5.84. The molecule has 16 heavy (non-hydrogen) atoms. The number of unbranched alkanes of at least 4 members (excludes halogenated alkanes) is 1. The molecule has 1 saturated carbocycles. The normalized spacial score (nSPS) is 28.3. The first kappa shape index (κ1) is 13.0. The minimum atomic E-state index is -0.831. The molecule has 0 aromatic carbocycles. The molecular formula is C13H21NO2. The molecule has 1 aliphatic carbocycles. The summed E-state index contributed by atoms with van der Waals surface area (Å²) in [6.45, 7) is 7.61. The van der Waals surface area contributed by atoms with E-state index in [2.05, 4.69) is 13.0 Å². The van der Waals surface area contributed by atoms with Gasteiger partial charge in [-0.3, -0.25) is 4.79 Å². The largest absolute Gasteiger partial charge is 0.459 e. The van der Waals surface area contributed by atoms with E-state index in [1.54, 1.807) is 0 Å². The van der Waals surface area contributed by atoms with Gasteiger partial charge in [-0.2, -0.15) is 5.26 Å². The number of carbonyl (C=O) groups is 1. The minimum absolute atomic E-state index is 0.215. The molecule has 90 valence electrons. The number of ether oxygens (including phenoxy) is 1. The van der Waals surface area contributed by atoms with Gasteiger partial charge in [0.2, 0.25) is 0 Å². The van der Waals surface area contributed by atoms with Crippen molar-refractivity contribution in [3.63, 3.8) is 0 Å². The fraction of sp³-hybridized carbons (Fsp3) is 0.846. The Balaban J connectivity index is 2.58. The Morgan fingerprint density at radius 3 is 2.62 bits per heavy atom. The first-order chi connectivity index (χ1) is 7.35. The zero-order valence-corrected chi connectivity index (χ0v) is 10.7. The predicted octanol–water partition coefficient (Wildman–Crippen LogP) is 3.05. The molecule has 0 spiro atoms. The third-order valence-electron chi connectivity index (χ3n) is 2.97. The lowest BCUT2D eigenvalue weighted by atomic mass is 10.0. The summed E-state index contributed by atoms with van der Waals surface area (Å²) in [5, 5.41) is 9.14. The van der Waals surface area contributed by atoms with Crippen molar-refractivity contribution in [1.29, 1.82) is 5.26 Å². The maximum absolute atomic E-state index is 11.9. The molecule has 0 radical (unpaired) electrons. The molecule has 0 amide bonds. The van der Waals surface area contributed by atoms with Crippen molar-refractivity contribution < 1.29 is 9.53 Å². The van der Waals surface area contributed by atoms with Gasteiger partial charge in [0, 0.05) is 0 Å². The summed E-state index contributed by atoms with van der Waals surface area (Å²) in [6, 6.07) is 2.16. The standard InChI is InChI=1S/C13H21NO2/c1-5-6-7-10-8-13(10,9-14)11(15)16-12(2,3)4/h10H,5-8H2,1-4H3/t10-,13+/m1/s1. The van der Waals surface area contributed by atoms with Gasteiger partial charge in [0.15, 0.2) is 5.41 Å². The van der Waals surface area contributed by atoms with Crippen LogP contribution in [0.15, 0.2) is 0 Å². The lowest BCUT2D eigenvalue weighted by Gasteiger charge is -2.21. The van der Waals surface area contributed by atoms with E-state index in [9.17, 15) is 4.79 Å². The third kappa shape index (κ3) is 2.75. The highest BCUT2D eigenvalue weighted by atomic mass is 16.6. The van der Waals surface area contributed by atoms with Crippen molar-refractivity contribution >= 4 is 5.97 Å². The lowest BCUT2D eigenvalue weighted by molar-refractivity contribution is -0.159. The summed E-state index contributed by atoms with van der Waals surface area (Å²) in [6.07, 6.45) is 3.82. The topological polar surface area (TPSA) is 50.1 Å². The smallest absolute Gasteiger partial charge is 0.327 e. The number of hydrogen-bond acceptors (Lipinski definition) is 3. The Labute approximate surface area is 97.8 Å². The molecule has 0 unspecified atom stereocenters. The number of nitriles is 1. The molecule has 1 rings (SSSR count). The SMILES string of the molecule is CCCC[C@@H]1C[C@@]1(C#N)C(=O)OC(C)(C)C. The Kier molecular flexibility index (Phi) is 3.62. The molecule has 0 aromatic rings. The predicted molar refractivity (Wildman–Crippen MR) is 61.5 cm³/mol. The van der Waals surface area contributed by atoms with Crippen LogP contribution in [0.2, 0.25) is 0 Å². The molecule has 3 nitrogen and oxygen atoms in total. The Hall–Kier alpha value is -1.04. The van der Waals surface area contributed by atoms with Crippen LogP contribution in [0.1, 0.15) is 53.4 Å². The first-order valence-corrected chi connectivity index (χ1v) is 6.00. The number of esters is 1. The molecule has 0 aliphatic heterocycles. The van der Waals surface area contributed by atoms with Crippen LogP contribution in [-0.4, -0.2) is 11.6 Å². The summed E-state index contributed by atoms with van der Waals surface area (Å²) in [5.41, 5.74) is -1.33. The maximum Gasteiger partial charge on any atom is 0.327 e. The molecule has 0 aromatic heterocycles. The zero-order valence-electron chi connectivity index (χ0n) is 10.7. The maximum atomic E-state index is 11.9. The van der Waals surface area contributed by atoms with E-state index in [4.69, 9.17) is 10.00 Å². The molecular weight excluding hydrogens is 202 g/mol. The fourth-order valence-electron chi connectivity index (χ4n) is 1.93. The summed E-state index contributed by atoms with van der Waals surface area (Å²) in [5.74, 6) is -0.115. The average Bonchev–Trinajstić information content (AvgIpc) is 2.87. The van der Waals surface area contributed by atoms with Crippen LogP contribution in [0.4, 0.5) is 0 Å². The van der Waals surface area contributed by atoms with Crippen molar-refractivity contribution in [3.05, 3.63) is 0 Å². The number of nitrogens with zero attached hydrogens (tertiary/aromatic N) is 1. The second kappa shape index (κ2) is 4.45. The highest BCUT2D eigenvalue weighted by Crippen LogP contribution is 2.55. The van der Waals surface area contributed by atoms with Crippen LogP contribution >= 0.6 is 0 Å². The fourth-order valence-corrected chi connectivity index (χ4v) is 1.93. The minimum Gasteiger partial charge on any atom is -0.459 e. The second-order valence-electron chi connectivity index (χ2n) is 5.63. The van der Waals surface area contributed by atoms with Crippen molar-refractivity contribution in [2.45, 2.75) is 59.0 Å². The van der Waals surface area contributed by atoms with E-state index in [1.165, 1.54) is 0 Å². The van der Waals surface area contributed by atoms with Gasteiger partial charge in [-0.15, -0.1) is 0 Å². The molecule has 3 heteroatoms. The van der Waals surface area contributed by atoms with Gasteiger partial charge in [-0.25, -0.2) is 0 Å². The number of rotatable bonds is 4. The van der Waals surface area contributed by atoms with Crippen LogP contribution in [0.3, 0.4) is 0 Å². The molecule has 1 fully saturated rings. The van der Waals surface area contributed by atoms with Gasteiger partial charge in [-0.1, -0.05) is 19.8 Å². The third-order valence-corrected chi connectivity index (χ3v) is 2.97. The van der Waals surface area contributed by atoms with E-state index in [1.807, 2.05) is 20.8 Å². The molecule has 1 aliphatic rings. The summed E-state index contributed by atoms with van der Waals surface area (Å²) >= 11 is 0. The molecule has 0 bridgehead atoms. The van der Waals surface area contributed by atoms with Crippen LogP contribution in [0.5, 0.6) is 0 Å². The lowest BCUT2D eigenvalue weighted by Crippen LogP contribution is -2.30. The van der Waals surface area contributed by atoms with Crippen LogP contribution in [0, 0.1) is 22.7 Å².